The van der Waals surface area contributed by atoms with Crippen molar-refractivity contribution in [2.45, 2.75) is 12.8 Å². The average Bonchev–Trinajstić information content (AvgIpc) is 3.07. The van der Waals surface area contributed by atoms with E-state index >= 15 is 0 Å². The summed E-state index contributed by atoms with van der Waals surface area (Å²) in [5.41, 5.74) is 0.599. The van der Waals surface area contributed by atoms with Crippen LogP contribution in [-0.2, 0) is 9.59 Å². The molecule has 0 unspecified atom stereocenters. The van der Waals surface area contributed by atoms with Crippen LogP contribution in [0.3, 0.4) is 0 Å². The topological polar surface area (TPSA) is 75.3 Å². The highest BCUT2D eigenvalue weighted by atomic mass is 35.5. The van der Waals surface area contributed by atoms with Crippen LogP contribution in [0.2, 0.25) is 5.02 Å². The van der Waals surface area contributed by atoms with Gasteiger partial charge in [0.2, 0.25) is 11.8 Å². The number of ketones is 1. The summed E-state index contributed by atoms with van der Waals surface area (Å²) in [7, 11) is 0. The Kier molecular flexibility index (Phi) is 6.31. The lowest BCUT2D eigenvalue weighted by atomic mass is 10.2. The number of Topliss-reactive ketones (excluding diaryl/α,β-unsaturated/α-hetero) is 1. The highest BCUT2D eigenvalue weighted by molar-refractivity contribution is 7.12. The fourth-order valence-corrected chi connectivity index (χ4v) is 2.61. The average molecular weight is 351 g/mol. The lowest BCUT2D eigenvalue weighted by molar-refractivity contribution is -0.124. The molecule has 2 amide bonds. The van der Waals surface area contributed by atoms with Gasteiger partial charge in [-0.3, -0.25) is 14.4 Å². The van der Waals surface area contributed by atoms with Crippen LogP contribution < -0.4 is 10.6 Å². The molecule has 2 aromatic rings. The molecule has 0 aliphatic rings. The summed E-state index contributed by atoms with van der Waals surface area (Å²) < 4.78 is 0. The molecule has 23 heavy (non-hydrogen) atoms. The third-order valence-electron chi connectivity index (χ3n) is 2.95. The van der Waals surface area contributed by atoms with Crippen molar-refractivity contribution in [3.8, 4) is 0 Å². The first-order valence-electron chi connectivity index (χ1n) is 6.93. The van der Waals surface area contributed by atoms with E-state index in [0.29, 0.717) is 15.6 Å². The number of carbonyl (C=O) groups is 3. The normalized spacial score (nSPS) is 10.1. The molecule has 0 spiro atoms. The van der Waals surface area contributed by atoms with Crippen molar-refractivity contribution in [1.82, 2.24) is 5.32 Å². The predicted octanol–water partition coefficient (Wildman–Crippen LogP) is 3.12. The van der Waals surface area contributed by atoms with Gasteiger partial charge in [-0.25, -0.2) is 0 Å². The van der Waals surface area contributed by atoms with Gasteiger partial charge in [-0.1, -0.05) is 17.7 Å². The number of hydrogen-bond acceptors (Lipinski definition) is 4. The van der Waals surface area contributed by atoms with Gasteiger partial charge < -0.3 is 10.6 Å². The number of thiophene rings is 1. The van der Waals surface area contributed by atoms with Crippen LogP contribution in [0.1, 0.15) is 22.5 Å². The maximum absolute atomic E-state index is 11.8. The molecule has 1 aromatic carbocycles. The van der Waals surface area contributed by atoms with Gasteiger partial charge in [-0.15, -0.1) is 11.3 Å². The molecule has 2 rings (SSSR count). The summed E-state index contributed by atoms with van der Waals surface area (Å²) in [4.78, 5) is 35.8. The molecular weight excluding hydrogens is 336 g/mol. The summed E-state index contributed by atoms with van der Waals surface area (Å²) in [5.74, 6) is -0.743. The minimum Gasteiger partial charge on any atom is -0.347 e. The molecule has 2 N–H and O–H groups in total. The largest absolute Gasteiger partial charge is 0.347 e. The van der Waals surface area contributed by atoms with Crippen LogP contribution in [-0.4, -0.2) is 24.1 Å². The Morgan fingerprint density at radius 1 is 1.00 bits per heavy atom. The van der Waals surface area contributed by atoms with Crippen LogP contribution in [0.15, 0.2) is 41.8 Å². The molecule has 120 valence electrons. The van der Waals surface area contributed by atoms with E-state index in [0.717, 1.165) is 0 Å². The maximum atomic E-state index is 11.8. The first-order chi connectivity index (χ1) is 11.0. The van der Waals surface area contributed by atoms with Crippen molar-refractivity contribution in [3.63, 3.8) is 0 Å². The van der Waals surface area contributed by atoms with Crippen molar-refractivity contribution >= 4 is 46.2 Å². The minimum atomic E-state index is -0.342. The van der Waals surface area contributed by atoms with Crippen LogP contribution in [0, 0.1) is 0 Å². The van der Waals surface area contributed by atoms with E-state index in [-0.39, 0.29) is 37.0 Å². The van der Waals surface area contributed by atoms with Crippen molar-refractivity contribution < 1.29 is 14.4 Å². The molecule has 0 saturated heterocycles. The number of anilines is 1. The fraction of sp³-hybridized carbons (Fsp3) is 0.188. The van der Waals surface area contributed by atoms with Gasteiger partial charge in [-0.05, 0) is 35.7 Å². The van der Waals surface area contributed by atoms with E-state index < -0.39 is 0 Å². The summed E-state index contributed by atoms with van der Waals surface area (Å²) >= 11 is 7.10. The molecule has 1 heterocycles. The number of nitrogens with one attached hydrogen (secondary N) is 2. The second-order valence-electron chi connectivity index (χ2n) is 4.73. The lowest BCUT2D eigenvalue weighted by Gasteiger charge is -2.07. The van der Waals surface area contributed by atoms with Crippen molar-refractivity contribution in [3.05, 3.63) is 51.7 Å². The van der Waals surface area contributed by atoms with Crippen LogP contribution in [0.5, 0.6) is 0 Å². The molecule has 0 aliphatic heterocycles. The quantitative estimate of drug-likeness (QED) is 0.753. The van der Waals surface area contributed by atoms with E-state index in [9.17, 15) is 14.4 Å². The van der Waals surface area contributed by atoms with Crippen LogP contribution in [0.25, 0.3) is 0 Å². The van der Waals surface area contributed by atoms with E-state index in [4.69, 9.17) is 11.6 Å². The van der Waals surface area contributed by atoms with Gasteiger partial charge in [-0.2, -0.15) is 0 Å². The Balaban J connectivity index is 1.68. The third-order valence-corrected chi connectivity index (χ3v) is 4.11. The van der Waals surface area contributed by atoms with Crippen LogP contribution in [0.4, 0.5) is 5.69 Å². The number of benzene rings is 1. The van der Waals surface area contributed by atoms with Gasteiger partial charge in [0.25, 0.3) is 0 Å². The molecule has 0 saturated carbocycles. The van der Waals surface area contributed by atoms with E-state index in [1.165, 1.54) is 11.3 Å². The molecule has 0 aliphatic carbocycles. The smallest absolute Gasteiger partial charge is 0.243 e. The Morgan fingerprint density at radius 2 is 1.74 bits per heavy atom. The van der Waals surface area contributed by atoms with E-state index in [1.807, 2.05) is 5.38 Å². The molecule has 5 nitrogen and oxygen atoms in total. The highest BCUT2D eigenvalue weighted by Gasteiger charge is 2.11. The number of hydrogen-bond donors (Lipinski definition) is 2. The van der Waals surface area contributed by atoms with E-state index in [1.54, 1.807) is 36.4 Å². The Hall–Kier alpha value is -2.18. The zero-order valence-electron chi connectivity index (χ0n) is 12.2. The molecule has 0 bridgehead atoms. The first-order valence-corrected chi connectivity index (χ1v) is 8.19. The zero-order valence-corrected chi connectivity index (χ0v) is 13.7. The maximum Gasteiger partial charge on any atom is 0.243 e. The van der Waals surface area contributed by atoms with Gasteiger partial charge >= 0.3 is 0 Å². The summed E-state index contributed by atoms with van der Waals surface area (Å²) in [6.45, 7) is -0.144. The summed E-state index contributed by atoms with van der Waals surface area (Å²) in [6.07, 6.45) is 0.191. The summed E-state index contributed by atoms with van der Waals surface area (Å²) in [6, 6.07) is 10.2. The van der Waals surface area contributed by atoms with Crippen molar-refractivity contribution in [2.24, 2.45) is 0 Å². The molecule has 0 atom stereocenters. The molecule has 0 radical (unpaired) electrons. The van der Waals surface area contributed by atoms with Gasteiger partial charge in [0.1, 0.15) is 0 Å². The monoisotopic (exact) mass is 350 g/mol. The Bertz CT molecular complexity index is 684. The Labute approximate surface area is 142 Å². The second kappa shape index (κ2) is 8.45. The minimum absolute atomic E-state index is 0.0605. The summed E-state index contributed by atoms with van der Waals surface area (Å²) in [5, 5.41) is 7.51. The predicted molar refractivity (Wildman–Crippen MR) is 91.0 cm³/mol. The van der Waals surface area contributed by atoms with Crippen LogP contribution >= 0.6 is 22.9 Å². The van der Waals surface area contributed by atoms with Gasteiger partial charge in [0, 0.05) is 23.6 Å². The zero-order chi connectivity index (χ0) is 16.7. The standard InChI is InChI=1S/C16H15ClN2O3S/c17-11-3-5-12(6-4-11)19-16(22)10-18-15(21)8-7-13(20)14-2-1-9-23-14/h1-6,9H,7-8,10H2,(H,18,21)(H,19,22). The number of halogens is 1. The third kappa shape index (κ3) is 5.84. The van der Waals surface area contributed by atoms with Crippen molar-refractivity contribution in [2.75, 3.05) is 11.9 Å². The highest BCUT2D eigenvalue weighted by Crippen LogP contribution is 2.13. The number of amides is 2. The lowest BCUT2D eigenvalue weighted by Crippen LogP contribution is -2.32. The number of carbonyl (C=O) groups excluding carboxylic acids is 3. The first kappa shape index (κ1) is 17.2. The molecular formula is C16H15ClN2O3S. The molecule has 1 aromatic heterocycles. The number of rotatable bonds is 7. The van der Waals surface area contributed by atoms with Gasteiger partial charge in [0.15, 0.2) is 5.78 Å². The Morgan fingerprint density at radius 3 is 2.39 bits per heavy atom. The van der Waals surface area contributed by atoms with E-state index in [2.05, 4.69) is 10.6 Å². The fourth-order valence-electron chi connectivity index (χ4n) is 1.79. The second-order valence-corrected chi connectivity index (χ2v) is 6.12. The van der Waals surface area contributed by atoms with Gasteiger partial charge in [0.05, 0.1) is 11.4 Å². The van der Waals surface area contributed by atoms with Crippen molar-refractivity contribution in [1.29, 1.82) is 0 Å². The molecule has 7 heteroatoms. The SMILES string of the molecule is O=C(CCC(=O)c1cccs1)NCC(=O)Nc1ccc(Cl)cc1. The molecule has 0 fully saturated rings.